The summed E-state index contributed by atoms with van der Waals surface area (Å²) in [5.74, 6) is 0.440. The first-order valence-electron chi connectivity index (χ1n) is 6.98. The van der Waals surface area contributed by atoms with E-state index in [1.165, 1.54) is 22.4 Å². The summed E-state index contributed by atoms with van der Waals surface area (Å²) in [5, 5.41) is 3.58. The van der Waals surface area contributed by atoms with Gasteiger partial charge in [-0.2, -0.15) is 0 Å². The van der Waals surface area contributed by atoms with Crippen LogP contribution in [-0.4, -0.2) is 0 Å². The molecule has 1 heterocycles. The summed E-state index contributed by atoms with van der Waals surface area (Å²) in [6.45, 7) is 7.91. The summed E-state index contributed by atoms with van der Waals surface area (Å²) in [5.41, 5.74) is 5.78. The summed E-state index contributed by atoms with van der Waals surface area (Å²) < 4.78 is 0. The predicted octanol–water partition coefficient (Wildman–Crippen LogP) is 4.79. The maximum atomic E-state index is 3.58. The molecule has 1 atom stereocenters. The zero-order chi connectivity index (χ0) is 13.5. The van der Waals surface area contributed by atoms with Crippen molar-refractivity contribution in [2.24, 2.45) is 5.41 Å². The second-order valence-corrected chi connectivity index (χ2v) is 6.44. The highest BCUT2D eigenvalue weighted by Crippen LogP contribution is 2.45. The third-order valence-electron chi connectivity index (χ3n) is 3.97. The van der Waals surface area contributed by atoms with E-state index in [1.807, 2.05) is 0 Å². The lowest BCUT2D eigenvalue weighted by molar-refractivity contribution is 0.359. The monoisotopic (exact) mass is 251 g/mol. The van der Waals surface area contributed by atoms with Gasteiger partial charge in [-0.3, -0.25) is 0 Å². The fraction of sp³-hybridized carbons (Fsp3) is 0.333. The van der Waals surface area contributed by atoms with E-state index in [0.717, 1.165) is 6.54 Å². The van der Waals surface area contributed by atoms with E-state index in [9.17, 15) is 0 Å². The van der Waals surface area contributed by atoms with E-state index in [1.54, 1.807) is 0 Å². The van der Waals surface area contributed by atoms with Gasteiger partial charge in [-0.05, 0) is 28.2 Å². The Morgan fingerprint density at radius 1 is 0.895 bits per heavy atom. The lowest BCUT2D eigenvalue weighted by Gasteiger charge is -2.32. The molecule has 98 valence electrons. The molecule has 0 aromatic heterocycles. The van der Waals surface area contributed by atoms with Crippen molar-refractivity contribution in [2.75, 3.05) is 5.32 Å². The Balaban J connectivity index is 2.25. The molecule has 0 amide bonds. The molecule has 0 saturated carbocycles. The molecular formula is C18H21N. The van der Waals surface area contributed by atoms with Gasteiger partial charge in [-0.25, -0.2) is 0 Å². The second kappa shape index (κ2) is 4.41. The Morgan fingerprint density at radius 3 is 2.26 bits per heavy atom. The molecule has 1 aliphatic heterocycles. The molecule has 0 radical (unpaired) electrons. The molecule has 0 bridgehead atoms. The summed E-state index contributed by atoms with van der Waals surface area (Å²) in [6, 6.07) is 17.5. The van der Waals surface area contributed by atoms with Crippen molar-refractivity contribution < 1.29 is 0 Å². The van der Waals surface area contributed by atoms with Crippen LogP contribution in [-0.2, 0) is 6.54 Å². The van der Waals surface area contributed by atoms with E-state index in [-0.39, 0.29) is 5.41 Å². The molecule has 0 fully saturated rings. The summed E-state index contributed by atoms with van der Waals surface area (Å²) in [4.78, 5) is 0. The molecule has 1 N–H and O–H groups in total. The molecule has 2 aromatic carbocycles. The van der Waals surface area contributed by atoms with Crippen molar-refractivity contribution in [1.82, 2.24) is 0 Å². The minimum atomic E-state index is 0.207. The van der Waals surface area contributed by atoms with Crippen LogP contribution in [0.25, 0.3) is 0 Å². The molecular weight excluding hydrogens is 230 g/mol. The highest BCUT2D eigenvalue weighted by Gasteiger charge is 2.32. The first-order chi connectivity index (χ1) is 9.07. The Labute approximate surface area is 115 Å². The Hall–Kier alpha value is -1.76. The molecule has 0 aliphatic carbocycles. The smallest absolute Gasteiger partial charge is 0.0403 e. The molecule has 1 aliphatic rings. The number of hydrogen-bond donors (Lipinski definition) is 1. The van der Waals surface area contributed by atoms with Gasteiger partial charge in [0.15, 0.2) is 0 Å². The van der Waals surface area contributed by atoms with Crippen molar-refractivity contribution in [3.63, 3.8) is 0 Å². The summed E-state index contributed by atoms with van der Waals surface area (Å²) in [6.07, 6.45) is 0. The van der Waals surface area contributed by atoms with Crippen LogP contribution in [0.15, 0.2) is 48.5 Å². The van der Waals surface area contributed by atoms with Gasteiger partial charge >= 0.3 is 0 Å². The SMILES string of the molecule is CC(C)(C)C1c2ccccc2CNc2ccccc21. The van der Waals surface area contributed by atoms with Gasteiger partial charge < -0.3 is 5.32 Å². The summed E-state index contributed by atoms with van der Waals surface area (Å²) in [7, 11) is 0. The van der Waals surface area contributed by atoms with Crippen LogP contribution in [0.4, 0.5) is 5.69 Å². The van der Waals surface area contributed by atoms with Crippen LogP contribution in [0.1, 0.15) is 43.4 Å². The average molecular weight is 251 g/mol. The van der Waals surface area contributed by atoms with Gasteiger partial charge in [0, 0.05) is 18.2 Å². The van der Waals surface area contributed by atoms with Crippen LogP contribution in [0.5, 0.6) is 0 Å². The number of benzene rings is 2. The van der Waals surface area contributed by atoms with Crippen LogP contribution >= 0.6 is 0 Å². The predicted molar refractivity (Wildman–Crippen MR) is 81.5 cm³/mol. The van der Waals surface area contributed by atoms with E-state index >= 15 is 0 Å². The van der Waals surface area contributed by atoms with Gasteiger partial charge in [0.25, 0.3) is 0 Å². The molecule has 19 heavy (non-hydrogen) atoms. The van der Waals surface area contributed by atoms with Crippen LogP contribution in [0.3, 0.4) is 0 Å². The highest BCUT2D eigenvalue weighted by molar-refractivity contribution is 5.59. The number of fused-ring (bicyclic) bond motifs is 2. The molecule has 1 unspecified atom stereocenters. The third-order valence-corrected chi connectivity index (χ3v) is 3.97. The molecule has 1 nitrogen and oxygen atoms in total. The van der Waals surface area contributed by atoms with Crippen LogP contribution in [0.2, 0.25) is 0 Å². The minimum absolute atomic E-state index is 0.207. The highest BCUT2D eigenvalue weighted by atomic mass is 14.9. The zero-order valence-corrected chi connectivity index (χ0v) is 11.9. The fourth-order valence-electron chi connectivity index (χ4n) is 3.18. The number of para-hydroxylation sites is 1. The van der Waals surface area contributed by atoms with Crippen molar-refractivity contribution >= 4 is 5.69 Å². The normalized spacial score (nSPS) is 17.9. The van der Waals surface area contributed by atoms with Gasteiger partial charge in [0.1, 0.15) is 0 Å². The first-order valence-corrected chi connectivity index (χ1v) is 6.98. The standard InChI is InChI=1S/C18H21N/c1-18(2,3)17-14-9-5-4-8-13(14)12-19-16-11-7-6-10-15(16)17/h4-11,17,19H,12H2,1-3H3. The minimum Gasteiger partial charge on any atom is -0.381 e. The maximum absolute atomic E-state index is 3.58. The maximum Gasteiger partial charge on any atom is 0.0403 e. The van der Waals surface area contributed by atoms with Crippen molar-refractivity contribution in [3.8, 4) is 0 Å². The quantitative estimate of drug-likeness (QED) is 0.710. The number of nitrogens with one attached hydrogen (secondary N) is 1. The third kappa shape index (κ3) is 2.14. The Bertz CT molecular complexity index is 545. The number of anilines is 1. The second-order valence-electron chi connectivity index (χ2n) is 6.44. The first kappa shape index (κ1) is 12.3. The molecule has 0 spiro atoms. The largest absolute Gasteiger partial charge is 0.381 e. The Kier molecular flexibility index (Phi) is 2.85. The zero-order valence-electron chi connectivity index (χ0n) is 11.9. The van der Waals surface area contributed by atoms with Crippen molar-refractivity contribution in [3.05, 3.63) is 65.2 Å². The van der Waals surface area contributed by atoms with Gasteiger partial charge in [0.05, 0.1) is 0 Å². The molecule has 2 aromatic rings. The summed E-state index contributed by atoms with van der Waals surface area (Å²) >= 11 is 0. The Morgan fingerprint density at radius 2 is 1.53 bits per heavy atom. The average Bonchev–Trinajstić information content (AvgIpc) is 2.54. The van der Waals surface area contributed by atoms with E-state index in [2.05, 4.69) is 74.6 Å². The van der Waals surface area contributed by atoms with Gasteiger partial charge in [-0.15, -0.1) is 0 Å². The van der Waals surface area contributed by atoms with Crippen LogP contribution in [0, 0.1) is 5.41 Å². The lowest BCUT2D eigenvalue weighted by atomic mass is 9.71. The molecule has 3 rings (SSSR count). The topological polar surface area (TPSA) is 12.0 Å². The van der Waals surface area contributed by atoms with Crippen LogP contribution < -0.4 is 5.32 Å². The van der Waals surface area contributed by atoms with Crippen molar-refractivity contribution in [2.45, 2.75) is 33.2 Å². The van der Waals surface area contributed by atoms with Crippen molar-refractivity contribution in [1.29, 1.82) is 0 Å². The van der Waals surface area contributed by atoms with Gasteiger partial charge in [0.2, 0.25) is 0 Å². The molecule has 0 saturated heterocycles. The van der Waals surface area contributed by atoms with E-state index in [0.29, 0.717) is 5.92 Å². The van der Waals surface area contributed by atoms with Gasteiger partial charge in [-0.1, -0.05) is 63.2 Å². The number of hydrogen-bond acceptors (Lipinski definition) is 1. The molecule has 1 heteroatoms. The van der Waals surface area contributed by atoms with E-state index < -0.39 is 0 Å². The fourth-order valence-corrected chi connectivity index (χ4v) is 3.18. The number of rotatable bonds is 0. The van der Waals surface area contributed by atoms with E-state index in [4.69, 9.17) is 0 Å². The lowest BCUT2D eigenvalue weighted by Crippen LogP contribution is -2.20.